The Morgan fingerprint density at radius 1 is 1.12 bits per heavy atom. The first-order chi connectivity index (χ1) is 12.6. The highest BCUT2D eigenvalue weighted by Crippen LogP contribution is 2.17. The summed E-state index contributed by atoms with van der Waals surface area (Å²) in [5, 5.41) is 8.03. The summed E-state index contributed by atoms with van der Waals surface area (Å²) < 4.78 is 32.2. The Bertz CT molecular complexity index is 805. The summed E-state index contributed by atoms with van der Waals surface area (Å²) in [4.78, 5) is 4.13. The third kappa shape index (κ3) is 6.01. The fraction of sp³-hybridized carbons (Fsp3) is 0.353. The predicted octanol–water partition coefficient (Wildman–Crippen LogP) is 1.44. The second kappa shape index (κ2) is 10.1. The van der Waals surface area contributed by atoms with Crippen molar-refractivity contribution < 1.29 is 13.2 Å². The van der Waals surface area contributed by atoms with E-state index in [1.165, 1.54) is 11.3 Å². The van der Waals surface area contributed by atoms with Gasteiger partial charge in [-0.2, -0.15) is 0 Å². The van der Waals surface area contributed by atoms with Crippen molar-refractivity contribution in [3.8, 4) is 5.75 Å². The van der Waals surface area contributed by atoms with Crippen molar-refractivity contribution in [3.05, 3.63) is 47.3 Å². The molecule has 0 radical (unpaired) electrons. The molecule has 1 heterocycles. The summed E-state index contributed by atoms with van der Waals surface area (Å²) >= 11 is 1.19. The number of hydrogen-bond donors (Lipinski definition) is 3. The fourth-order valence-corrected chi connectivity index (χ4v) is 4.37. The summed E-state index contributed by atoms with van der Waals surface area (Å²) in [5.74, 6) is 1.48. The van der Waals surface area contributed by atoms with Gasteiger partial charge in [0.2, 0.25) is 10.0 Å². The van der Waals surface area contributed by atoms with Crippen LogP contribution >= 0.6 is 11.3 Å². The molecule has 1 aromatic heterocycles. The van der Waals surface area contributed by atoms with Gasteiger partial charge in [0.15, 0.2) is 5.96 Å². The third-order valence-corrected chi connectivity index (χ3v) is 6.43. The first kappa shape index (κ1) is 20.2. The maximum Gasteiger partial charge on any atom is 0.250 e. The monoisotopic (exact) mass is 396 g/mol. The van der Waals surface area contributed by atoms with Crippen molar-refractivity contribution in [2.45, 2.75) is 10.6 Å². The van der Waals surface area contributed by atoms with Crippen molar-refractivity contribution in [1.29, 1.82) is 0 Å². The Labute approximate surface area is 158 Å². The molecule has 142 valence electrons. The van der Waals surface area contributed by atoms with E-state index in [1.54, 1.807) is 31.7 Å². The number of thiophene rings is 1. The van der Waals surface area contributed by atoms with E-state index in [0.29, 0.717) is 23.3 Å². The van der Waals surface area contributed by atoms with Gasteiger partial charge in [0.05, 0.1) is 7.11 Å². The molecular weight excluding hydrogens is 372 g/mol. The van der Waals surface area contributed by atoms with Gasteiger partial charge in [-0.05, 0) is 29.5 Å². The van der Waals surface area contributed by atoms with E-state index in [1.807, 2.05) is 24.3 Å². The van der Waals surface area contributed by atoms with E-state index >= 15 is 0 Å². The van der Waals surface area contributed by atoms with Crippen LogP contribution in [0.3, 0.4) is 0 Å². The minimum Gasteiger partial charge on any atom is -0.496 e. The number of rotatable bonds is 9. The lowest BCUT2D eigenvalue weighted by Crippen LogP contribution is -2.42. The number of nitrogens with zero attached hydrogens (tertiary/aromatic N) is 1. The Hall–Kier alpha value is -2.10. The van der Waals surface area contributed by atoms with Crippen molar-refractivity contribution in [2.75, 3.05) is 33.8 Å². The zero-order chi connectivity index (χ0) is 18.8. The van der Waals surface area contributed by atoms with Crippen LogP contribution in [0.25, 0.3) is 0 Å². The Morgan fingerprint density at radius 2 is 1.88 bits per heavy atom. The lowest BCUT2D eigenvalue weighted by Gasteiger charge is -2.13. The highest BCUT2D eigenvalue weighted by atomic mass is 32.2. The van der Waals surface area contributed by atoms with Gasteiger partial charge in [0.1, 0.15) is 9.96 Å². The Balaban J connectivity index is 1.71. The molecule has 0 unspecified atom stereocenters. The lowest BCUT2D eigenvalue weighted by molar-refractivity contribution is 0.409. The number of benzene rings is 1. The van der Waals surface area contributed by atoms with Gasteiger partial charge >= 0.3 is 0 Å². The van der Waals surface area contributed by atoms with Crippen molar-refractivity contribution in [2.24, 2.45) is 4.99 Å². The molecule has 7 nitrogen and oxygen atoms in total. The maximum absolute atomic E-state index is 12.0. The molecule has 2 aromatic rings. The minimum atomic E-state index is -3.43. The summed E-state index contributed by atoms with van der Waals surface area (Å²) in [7, 11) is -0.0964. The summed E-state index contributed by atoms with van der Waals surface area (Å²) in [6, 6.07) is 11.2. The second-order valence-corrected chi connectivity index (χ2v) is 8.26. The van der Waals surface area contributed by atoms with Crippen molar-refractivity contribution >= 4 is 27.3 Å². The second-order valence-electron chi connectivity index (χ2n) is 5.32. The molecule has 0 aliphatic heterocycles. The number of hydrogen-bond acceptors (Lipinski definition) is 5. The molecular formula is C17H24N4O3S2. The van der Waals surface area contributed by atoms with Gasteiger partial charge in [0, 0.05) is 26.7 Å². The molecule has 0 aliphatic rings. The van der Waals surface area contributed by atoms with Crippen LogP contribution in [0, 0.1) is 0 Å². The molecule has 0 fully saturated rings. The van der Waals surface area contributed by atoms with E-state index in [0.717, 1.165) is 17.7 Å². The number of methoxy groups -OCH3 is 1. The average molecular weight is 397 g/mol. The molecule has 2 rings (SSSR count). The topological polar surface area (TPSA) is 91.8 Å². The molecule has 0 spiro atoms. The quantitative estimate of drug-likeness (QED) is 0.339. The Kier molecular flexibility index (Phi) is 7.89. The highest BCUT2D eigenvalue weighted by molar-refractivity contribution is 7.91. The molecule has 0 amide bonds. The SMILES string of the molecule is CN=C(NCCNS(=O)(=O)c1cccs1)NCCc1ccccc1OC. The molecule has 0 saturated heterocycles. The largest absolute Gasteiger partial charge is 0.496 e. The number of ether oxygens (including phenoxy) is 1. The van der Waals surface area contributed by atoms with Gasteiger partial charge in [-0.3, -0.25) is 4.99 Å². The normalized spacial score (nSPS) is 12.0. The van der Waals surface area contributed by atoms with E-state index in [2.05, 4.69) is 20.3 Å². The molecule has 0 bridgehead atoms. The van der Waals surface area contributed by atoms with Crippen LogP contribution in [-0.2, 0) is 16.4 Å². The number of sulfonamides is 1. The van der Waals surface area contributed by atoms with Crippen molar-refractivity contribution in [1.82, 2.24) is 15.4 Å². The first-order valence-electron chi connectivity index (χ1n) is 8.16. The molecule has 0 aliphatic carbocycles. The maximum atomic E-state index is 12.0. The zero-order valence-corrected chi connectivity index (χ0v) is 16.5. The van der Waals surface area contributed by atoms with Crippen LogP contribution in [-0.4, -0.2) is 48.2 Å². The van der Waals surface area contributed by atoms with E-state index in [4.69, 9.17) is 4.74 Å². The van der Waals surface area contributed by atoms with Crippen LogP contribution in [0.4, 0.5) is 0 Å². The molecule has 0 atom stereocenters. The zero-order valence-electron chi connectivity index (χ0n) is 14.9. The van der Waals surface area contributed by atoms with Gasteiger partial charge < -0.3 is 15.4 Å². The molecule has 9 heteroatoms. The number of aliphatic imine (C=N–C) groups is 1. The first-order valence-corrected chi connectivity index (χ1v) is 10.5. The van der Waals surface area contributed by atoms with Crippen LogP contribution < -0.4 is 20.1 Å². The molecule has 26 heavy (non-hydrogen) atoms. The van der Waals surface area contributed by atoms with Crippen LogP contribution in [0.2, 0.25) is 0 Å². The fourth-order valence-electron chi connectivity index (χ4n) is 2.30. The van der Waals surface area contributed by atoms with Gasteiger partial charge in [-0.25, -0.2) is 13.1 Å². The van der Waals surface area contributed by atoms with Gasteiger partial charge in [-0.15, -0.1) is 11.3 Å². The average Bonchev–Trinajstić information content (AvgIpc) is 3.19. The number of para-hydroxylation sites is 1. The van der Waals surface area contributed by atoms with E-state index < -0.39 is 10.0 Å². The molecule has 3 N–H and O–H groups in total. The minimum absolute atomic E-state index is 0.271. The number of guanidine groups is 1. The summed E-state index contributed by atoms with van der Waals surface area (Å²) in [5.41, 5.74) is 1.11. The van der Waals surface area contributed by atoms with Gasteiger partial charge in [-0.1, -0.05) is 24.3 Å². The van der Waals surface area contributed by atoms with Crippen LogP contribution in [0.15, 0.2) is 51.0 Å². The van der Waals surface area contributed by atoms with E-state index in [9.17, 15) is 8.42 Å². The summed E-state index contributed by atoms with van der Waals surface area (Å²) in [6.45, 7) is 1.38. The van der Waals surface area contributed by atoms with Gasteiger partial charge in [0.25, 0.3) is 0 Å². The molecule has 0 saturated carbocycles. The van der Waals surface area contributed by atoms with Crippen LogP contribution in [0.1, 0.15) is 5.56 Å². The smallest absolute Gasteiger partial charge is 0.250 e. The van der Waals surface area contributed by atoms with E-state index in [-0.39, 0.29) is 6.54 Å². The standard InChI is InChI=1S/C17H24N4O3S2/c1-18-17(19-10-9-14-6-3-4-7-15(14)24-2)20-11-12-21-26(22,23)16-8-5-13-25-16/h3-8,13,21H,9-12H2,1-2H3,(H2,18,19,20). The highest BCUT2D eigenvalue weighted by Gasteiger charge is 2.13. The molecule has 1 aromatic carbocycles. The number of nitrogens with one attached hydrogen (secondary N) is 3. The summed E-state index contributed by atoms with van der Waals surface area (Å²) in [6.07, 6.45) is 0.787. The third-order valence-electron chi connectivity index (χ3n) is 3.57. The lowest BCUT2D eigenvalue weighted by atomic mass is 10.1. The predicted molar refractivity (Wildman–Crippen MR) is 106 cm³/mol. The Morgan fingerprint density at radius 3 is 2.58 bits per heavy atom. The van der Waals surface area contributed by atoms with Crippen LogP contribution in [0.5, 0.6) is 5.75 Å². The van der Waals surface area contributed by atoms with Crippen molar-refractivity contribution in [3.63, 3.8) is 0 Å².